The minimum Gasteiger partial charge on any atom is -0.384 e. The molecule has 0 saturated carbocycles. The van der Waals surface area contributed by atoms with E-state index in [1.165, 1.54) is 0 Å². The molecule has 0 fully saturated rings. The average Bonchev–Trinajstić information content (AvgIpc) is 2.42. The monoisotopic (exact) mass is 256 g/mol. The lowest BCUT2D eigenvalue weighted by Crippen LogP contribution is -2.14. The normalized spacial score (nSPS) is 10.0. The van der Waals surface area contributed by atoms with E-state index in [4.69, 9.17) is 0 Å². The first kappa shape index (κ1) is 13.0. The van der Waals surface area contributed by atoms with Crippen molar-refractivity contribution in [3.05, 3.63) is 48.0 Å². The highest BCUT2D eigenvalue weighted by Gasteiger charge is 2.09. The molecule has 0 aliphatic rings. The van der Waals surface area contributed by atoms with Gasteiger partial charge in [-0.15, -0.1) is 0 Å². The van der Waals surface area contributed by atoms with Gasteiger partial charge >= 0.3 is 0 Å². The van der Waals surface area contributed by atoms with E-state index in [9.17, 15) is 4.79 Å². The topological polar surface area (TPSA) is 66.9 Å². The molecule has 2 N–H and O–H groups in total. The molecule has 0 spiro atoms. The summed E-state index contributed by atoms with van der Waals surface area (Å²) in [6.45, 7) is 4.67. The summed E-state index contributed by atoms with van der Waals surface area (Å²) in [7, 11) is 0. The number of aromatic nitrogens is 2. The molecule has 0 aliphatic heterocycles. The van der Waals surface area contributed by atoms with Crippen molar-refractivity contribution in [3.63, 3.8) is 0 Å². The molecule has 0 aliphatic carbocycles. The molecule has 1 amide bonds. The van der Waals surface area contributed by atoms with Gasteiger partial charge in [0.1, 0.15) is 5.69 Å². The fraction of sp³-hybridized carbons (Fsp3) is 0.214. The van der Waals surface area contributed by atoms with Gasteiger partial charge in [-0.3, -0.25) is 9.78 Å². The van der Waals surface area contributed by atoms with Crippen molar-refractivity contribution in [2.24, 2.45) is 0 Å². The smallest absolute Gasteiger partial charge is 0.274 e. The van der Waals surface area contributed by atoms with Crippen LogP contribution < -0.4 is 10.6 Å². The molecule has 5 nitrogen and oxygen atoms in total. The van der Waals surface area contributed by atoms with Gasteiger partial charge in [0.2, 0.25) is 0 Å². The lowest BCUT2D eigenvalue weighted by molar-refractivity contribution is 0.102. The number of pyridine rings is 2. The molecular weight excluding hydrogens is 240 g/mol. The maximum absolute atomic E-state index is 12.0. The van der Waals surface area contributed by atoms with Crippen LogP contribution in [-0.4, -0.2) is 22.4 Å². The van der Waals surface area contributed by atoms with E-state index in [1.54, 1.807) is 24.5 Å². The van der Waals surface area contributed by atoms with Crippen molar-refractivity contribution in [1.29, 1.82) is 0 Å². The summed E-state index contributed by atoms with van der Waals surface area (Å²) in [6, 6.07) is 7.12. The van der Waals surface area contributed by atoms with Gasteiger partial charge in [0.15, 0.2) is 0 Å². The molecule has 5 heteroatoms. The van der Waals surface area contributed by atoms with Crippen molar-refractivity contribution < 1.29 is 4.79 Å². The number of hydrogen-bond donors (Lipinski definition) is 2. The lowest BCUT2D eigenvalue weighted by Gasteiger charge is -2.07. The molecule has 0 radical (unpaired) electrons. The van der Waals surface area contributed by atoms with E-state index in [-0.39, 0.29) is 5.91 Å². The van der Waals surface area contributed by atoms with Crippen LogP contribution in [0.15, 0.2) is 36.7 Å². The number of carbonyl (C=O) groups excluding carboxylic acids is 1. The Morgan fingerprint density at radius 1 is 1.26 bits per heavy atom. The minimum atomic E-state index is -0.237. The van der Waals surface area contributed by atoms with Gasteiger partial charge < -0.3 is 10.6 Å². The third-order valence-corrected chi connectivity index (χ3v) is 2.63. The molecule has 2 heterocycles. The van der Waals surface area contributed by atoms with Crippen LogP contribution in [0.1, 0.15) is 23.1 Å². The average molecular weight is 256 g/mol. The van der Waals surface area contributed by atoms with E-state index in [2.05, 4.69) is 20.6 Å². The van der Waals surface area contributed by atoms with E-state index >= 15 is 0 Å². The van der Waals surface area contributed by atoms with Crippen LogP contribution in [0.3, 0.4) is 0 Å². The Morgan fingerprint density at radius 2 is 2.11 bits per heavy atom. The number of aryl methyl sites for hydroxylation is 1. The molecule has 98 valence electrons. The number of carbonyl (C=O) groups is 1. The van der Waals surface area contributed by atoms with Gasteiger partial charge in [0.25, 0.3) is 5.91 Å². The SMILES string of the molecule is CCNc1ccc(C(=O)Nc2cccnc2C)nc1. The predicted octanol–water partition coefficient (Wildman–Crippen LogP) is 2.47. The fourth-order valence-electron chi connectivity index (χ4n) is 1.64. The number of nitrogens with one attached hydrogen (secondary N) is 2. The Kier molecular flexibility index (Phi) is 4.07. The highest BCUT2D eigenvalue weighted by atomic mass is 16.1. The summed E-state index contributed by atoms with van der Waals surface area (Å²) in [5.41, 5.74) is 2.76. The molecule has 0 unspecified atom stereocenters. The van der Waals surface area contributed by atoms with Crippen LogP contribution in [-0.2, 0) is 0 Å². The van der Waals surface area contributed by atoms with E-state index in [0.29, 0.717) is 11.4 Å². The molecule has 2 rings (SSSR count). The Bertz CT molecular complexity index is 566. The van der Waals surface area contributed by atoms with E-state index < -0.39 is 0 Å². The summed E-state index contributed by atoms with van der Waals surface area (Å²) in [5, 5.41) is 5.92. The quantitative estimate of drug-likeness (QED) is 0.881. The molecule has 0 saturated heterocycles. The van der Waals surface area contributed by atoms with Crippen LogP contribution >= 0.6 is 0 Å². The second-order valence-corrected chi connectivity index (χ2v) is 4.05. The zero-order chi connectivity index (χ0) is 13.7. The van der Waals surface area contributed by atoms with Crippen molar-refractivity contribution in [2.45, 2.75) is 13.8 Å². The predicted molar refractivity (Wildman–Crippen MR) is 75.3 cm³/mol. The molecular formula is C14H16N4O. The molecule has 0 bridgehead atoms. The lowest BCUT2D eigenvalue weighted by atomic mass is 10.2. The molecule has 2 aromatic rings. The third-order valence-electron chi connectivity index (χ3n) is 2.63. The summed E-state index contributed by atoms with van der Waals surface area (Å²) in [6.07, 6.45) is 3.34. The first-order valence-corrected chi connectivity index (χ1v) is 6.13. The van der Waals surface area contributed by atoms with Gasteiger partial charge in [-0.25, -0.2) is 4.98 Å². The van der Waals surface area contributed by atoms with Gasteiger partial charge in [0, 0.05) is 12.7 Å². The maximum atomic E-state index is 12.0. The van der Waals surface area contributed by atoms with Crippen LogP contribution in [0.4, 0.5) is 11.4 Å². The number of hydrogen-bond acceptors (Lipinski definition) is 4. The highest BCUT2D eigenvalue weighted by Crippen LogP contribution is 2.12. The zero-order valence-corrected chi connectivity index (χ0v) is 11.0. The minimum absolute atomic E-state index is 0.237. The van der Waals surface area contributed by atoms with Crippen LogP contribution in [0.25, 0.3) is 0 Å². The van der Waals surface area contributed by atoms with Gasteiger partial charge in [0.05, 0.1) is 23.3 Å². The molecule has 2 aromatic heterocycles. The Balaban J connectivity index is 2.10. The summed E-state index contributed by atoms with van der Waals surface area (Å²) >= 11 is 0. The van der Waals surface area contributed by atoms with Crippen molar-refractivity contribution >= 4 is 17.3 Å². The second-order valence-electron chi connectivity index (χ2n) is 4.05. The van der Waals surface area contributed by atoms with Gasteiger partial charge in [-0.2, -0.15) is 0 Å². The van der Waals surface area contributed by atoms with Gasteiger partial charge in [-0.05, 0) is 38.1 Å². The first-order chi connectivity index (χ1) is 9.20. The number of nitrogens with zero attached hydrogens (tertiary/aromatic N) is 2. The number of rotatable bonds is 4. The van der Waals surface area contributed by atoms with Crippen molar-refractivity contribution in [1.82, 2.24) is 9.97 Å². The Hall–Kier alpha value is -2.43. The maximum Gasteiger partial charge on any atom is 0.274 e. The van der Waals surface area contributed by atoms with E-state index in [1.807, 2.05) is 26.0 Å². The Labute approximate surface area is 112 Å². The third kappa shape index (κ3) is 3.28. The van der Waals surface area contributed by atoms with Crippen molar-refractivity contribution in [3.8, 4) is 0 Å². The van der Waals surface area contributed by atoms with Crippen LogP contribution in [0.5, 0.6) is 0 Å². The van der Waals surface area contributed by atoms with Crippen LogP contribution in [0.2, 0.25) is 0 Å². The molecule has 0 atom stereocenters. The van der Waals surface area contributed by atoms with Gasteiger partial charge in [-0.1, -0.05) is 0 Å². The number of anilines is 2. The zero-order valence-electron chi connectivity index (χ0n) is 11.0. The Morgan fingerprint density at radius 3 is 2.74 bits per heavy atom. The van der Waals surface area contributed by atoms with Crippen LogP contribution in [0, 0.1) is 6.92 Å². The van der Waals surface area contributed by atoms with E-state index in [0.717, 1.165) is 17.9 Å². The number of amides is 1. The molecule has 19 heavy (non-hydrogen) atoms. The fourth-order valence-corrected chi connectivity index (χ4v) is 1.64. The second kappa shape index (κ2) is 5.95. The summed E-state index contributed by atoms with van der Waals surface area (Å²) in [4.78, 5) is 20.3. The standard InChI is InChI=1S/C14H16N4O/c1-3-15-11-6-7-13(17-9-11)14(19)18-12-5-4-8-16-10(12)2/h4-9,15H,3H2,1-2H3,(H,18,19). The molecule has 0 aromatic carbocycles. The first-order valence-electron chi connectivity index (χ1n) is 6.13. The summed E-state index contributed by atoms with van der Waals surface area (Å²) in [5.74, 6) is -0.237. The summed E-state index contributed by atoms with van der Waals surface area (Å²) < 4.78 is 0. The largest absolute Gasteiger partial charge is 0.384 e. The highest BCUT2D eigenvalue weighted by molar-refractivity contribution is 6.03. The van der Waals surface area contributed by atoms with Crippen molar-refractivity contribution in [2.75, 3.05) is 17.2 Å².